The van der Waals surface area contributed by atoms with E-state index >= 15 is 0 Å². The molecule has 1 unspecified atom stereocenters. The van der Waals surface area contributed by atoms with E-state index in [1.807, 2.05) is 18.2 Å². The molecule has 0 bridgehead atoms. The predicted molar refractivity (Wildman–Crippen MR) is 132 cm³/mol. The highest BCUT2D eigenvalue weighted by Gasteiger charge is 2.10. The van der Waals surface area contributed by atoms with Crippen LogP contribution in [0.1, 0.15) is 46.4 Å². The lowest BCUT2D eigenvalue weighted by Crippen LogP contribution is -2.42. The Morgan fingerprint density at radius 2 is 2.03 bits per heavy atom. The molecule has 0 amide bonds. The fourth-order valence-corrected chi connectivity index (χ4v) is 3.00. The van der Waals surface area contributed by atoms with Crippen LogP contribution in [0.2, 0.25) is 0 Å². The van der Waals surface area contributed by atoms with Crippen molar-refractivity contribution in [2.24, 2.45) is 4.99 Å². The van der Waals surface area contributed by atoms with Crippen molar-refractivity contribution in [2.75, 3.05) is 32.7 Å². The second-order valence-electron chi connectivity index (χ2n) is 6.96. The molecule has 9 heteroatoms. The normalized spacial score (nSPS) is 12.5. The molecule has 0 fully saturated rings. The molecule has 1 atom stereocenters. The Kier molecular flexibility index (Phi) is 13.2. The Morgan fingerprint density at radius 1 is 1.23 bits per heavy atom. The van der Waals surface area contributed by atoms with Gasteiger partial charge in [0.1, 0.15) is 5.69 Å². The van der Waals surface area contributed by atoms with Crippen molar-refractivity contribution in [1.29, 1.82) is 0 Å². The van der Waals surface area contributed by atoms with Gasteiger partial charge in [-0.2, -0.15) is 4.98 Å². The molecule has 0 spiro atoms. The Labute approximate surface area is 197 Å². The fraction of sp³-hybridized carbons (Fsp3) is 0.619. The maximum atomic E-state index is 5.29. The zero-order valence-electron chi connectivity index (χ0n) is 18.6. The van der Waals surface area contributed by atoms with Crippen LogP contribution >= 0.6 is 24.0 Å². The molecule has 0 aliphatic carbocycles. The van der Waals surface area contributed by atoms with Crippen LogP contribution in [0.5, 0.6) is 0 Å². The number of pyridine rings is 1. The van der Waals surface area contributed by atoms with Gasteiger partial charge in [-0.05, 0) is 58.5 Å². The average molecular weight is 529 g/mol. The minimum Gasteiger partial charge on any atom is -0.357 e. The monoisotopic (exact) mass is 529 g/mol. The van der Waals surface area contributed by atoms with Crippen LogP contribution in [0.4, 0.5) is 0 Å². The number of guanidine groups is 1. The van der Waals surface area contributed by atoms with Crippen molar-refractivity contribution in [2.45, 2.75) is 53.0 Å². The van der Waals surface area contributed by atoms with E-state index in [-0.39, 0.29) is 24.0 Å². The van der Waals surface area contributed by atoms with Gasteiger partial charge in [-0.15, -0.1) is 24.0 Å². The lowest BCUT2D eigenvalue weighted by molar-refractivity contribution is 0.292. The van der Waals surface area contributed by atoms with Crippen LogP contribution in [-0.4, -0.2) is 64.7 Å². The summed E-state index contributed by atoms with van der Waals surface area (Å²) in [5.74, 6) is 1.91. The largest absolute Gasteiger partial charge is 0.357 e. The topological polar surface area (TPSA) is 91.5 Å². The molecule has 2 rings (SSSR count). The number of hydrogen-bond acceptors (Lipinski definition) is 6. The first-order valence-electron chi connectivity index (χ1n) is 10.7. The molecular formula is C21H36IN7O. The number of nitrogens with zero attached hydrogens (tertiary/aromatic N) is 5. The van der Waals surface area contributed by atoms with Crippen LogP contribution in [0.15, 0.2) is 33.9 Å². The highest BCUT2D eigenvalue weighted by atomic mass is 127. The number of hydrogen-bond donors (Lipinski definition) is 2. The van der Waals surface area contributed by atoms with Crippen LogP contribution in [0.3, 0.4) is 0 Å². The first-order valence-corrected chi connectivity index (χ1v) is 10.7. The zero-order valence-corrected chi connectivity index (χ0v) is 20.9. The van der Waals surface area contributed by atoms with Gasteiger partial charge in [0.15, 0.2) is 11.8 Å². The van der Waals surface area contributed by atoms with E-state index in [4.69, 9.17) is 4.52 Å². The average Bonchev–Trinajstić information content (AvgIpc) is 3.21. The summed E-state index contributed by atoms with van der Waals surface area (Å²) in [6, 6.07) is 5.97. The maximum Gasteiger partial charge on any atom is 0.276 e. The maximum absolute atomic E-state index is 5.29. The molecule has 0 aliphatic rings. The smallest absolute Gasteiger partial charge is 0.276 e. The Balaban J connectivity index is 0.00000450. The second kappa shape index (κ2) is 15.1. The molecule has 2 aromatic heterocycles. The fourth-order valence-electron chi connectivity index (χ4n) is 3.00. The van der Waals surface area contributed by atoms with E-state index in [1.165, 1.54) is 6.42 Å². The summed E-state index contributed by atoms with van der Waals surface area (Å²) in [4.78, 5) is 15.7. The van der Waals surface area contributed by atoms with Crippen LogP contribution < -0.4 is 10.6 Å². The molecule has 2 heterocycles. The molecule has 30 heavy (non-hydrogen) atoms. The van der Waals surface area contributed by atoms with Gasteiger partial charge in [0.2, 0.25) is 0 Å². The molecule has 0 saturated carbocycles. The van der Waals surface area contributed by atoms with Gasteiger partial charge < -0.3 is 20.1 Å². The lowest BCUT2D eigenvalue weighted by atomic mass is 10.2. The van der Waals surface area contributed by atoms with Crippen molar-refractivity contribution in [1.82, 2.24) is 30.7 Å². The summed E-state index contributed by atoms with van der Waals surface area (Å²) in [5, 5.41) is 10.8. The van der Waals surface area contributed by atoms with Crippen LogP contribution in [-0.2, 0) is 6.42 Å². The summed E-state index contributed by atoms with van der Waals surface area (Å²) in [6.45, 7) is 13.5. The van der Waals surface area contributed by atoms with Crippen molar-refractivity contribution in [3.05, 3.63) is 30.2 Å². The summed E-state index contributed by atoms with van der Waals surface area (Å²) in [7, 11) is 0. The van der Waals surface area contributed by atoms with E-state index in [1.54, 1.807) is 6.20 Å². The number of nitrogens with one attached hydrogen (secondary N) is 2. The Morgan fingerprint density at radius 3 is 2.70 bits per heavy atom. The molecule has 0 aromatic carbocycles. The third-order valence-electron chi connectivity index (χ3n) is 4.69. The van der Waals surface area contributed by atoms with Gasteiger partial charge in [-0.3, -0.25) is 9.98 Å². The van der Waals surface area contributed by atoms with Crippen LogP contribution in [0.25, 0.3) is 11.6 Å². The Hall–Kier alpha value is -1.75. The third-order valence-corrected chi connectivity index (χ3v) is 4.69. The van der Waals surface area contributed by atoms with E-state index in [0.717, 1.165) is 38.6 Å². The number of aliphatic imine (C=N–C) groups is 1. The predicted octanol–water partition coefficient (Wildman–Crippen LogP) is 3.36. The molecule has 0 radical (unpaired) electrons. The van der Waals surface area contributed by atoms with Gasteiger partial charge in [0, 0.05) is 31.7 Å². The molecule has 168 valence electrons. The molecule has 8 nitrogen and oxygen atoms in total. The van der Waals surface area contributed by atoms with E-state index in [0.29, 0.717) is 36.4 Å². The number of rotatable bonds is 12. The molecule has 0 saturated heterocycles. The molecule has 2 N–H and O–H groups in total. The summed E-state index contributed by atoms with van der Waals surface area (Å²) in [6.07, 6.45) is 4.61. The van der Waals surface area contributed by atoms with Crippen LogP contribution in [0, 0.1) is 0 Å². The number of halogens is 1. The highest BCUT2D eigenvalue weighted by Crippen LogP contribution is 2.13. The zero-order chi connectivity index (χ0) is 20.9. The standard InChI is InChI=1S/C21H35N7O.HI/c1-5-22-21(25-17(4)11-10-16-28(6-2)7-3)24-15-13-19-26-20(29-27-19)18-12-8-9-14-23-18;/h8-9,12,14,17H,5-7,10-11,13,15-16H2,1-4H3,(H2,22,24,25);1H. The first-order chi connectivity index (χ1) is 14.2. The summed E-state index contributed by atoms with van der Waals surface area (Å²) < 4.78 is 5.29. The van der Waals surface area contributed by atoms with Gasteiger partial charge in [0.05, 0.1) is 0 Å². The van der Waals surface area contributed by atoms with Gasteiger partial charge >= 0.3 is 0 Å². The lowest BCUT2D eigenvalue weighted by Gasteiger charge is -2.21. The van der Waals surface area contributed by atoms with Crippen molar-refractivity contribution in [3.8, 4) is 11.6 Å². The highest BCUT2D eigenvalue weighted by molar-refractivity contribution is 14.0. The minimum atomic E-state index is 0. The number of aromatic nitrogens is 3. The molecule has 0 aliphatic heterocycles. The molecule has 2 aromatic rings. The van der Waals surface area contributed by atoms with Crippen molar-refractivity contribution in [3.63, 3.8) is 0 Å². The van der Waals surface area contributed by atoms with Gasteiger partial charge in [-0.25, -0.2) is 0 Å². The Bertz CT molecular complexity index is 719. The summed E-state index contributed by atoms with van der Waals surface area (Å²) in [5.41, 5.74) is 0.684. The van der Waals surface area contributed by atoms with Gasteiger partial charge in [-0.1, -0.05) is 25.1 Å². The second-order valence-corrected chi connectivity index (χ2v) is 6.96. The summed E-state index contributed by atoms with van der Waals surface area (Å²) >= 11 is 0. The van der Waals surface area contributed by atoms with Crippen molar-refractivity contribution >= 4 is 29.9 Å². The minimum absolute atomic E-state index is 0. The quantitative estimate of drug-likeness (QED) is 0.248. The van der Waals surface area contributed by atoms with E-state index < -0.39 is 0 Å². The SMILES string of the molecule is CCNC(=NCCc1noc(-c2ccccn2)n1)NC(C)CCCN(CC)CC.I. The van der Waals surface area contributed by atoms with Crippen molar-refractivity contribution < 1.29 is 4.52 Å². The third kappa shape index (κ3) is 9.38. The first kappa shape index (κ1) is 26.3. The molecular weight excluding hydrogens is 493 g/mol. The van der Waals surface area contributed by atoms with Gasteiger partial charge in [0.25, 0.3) is 5.89 Å². The van der Waals surface area contributed by atoms with E-state index in [2.05, 4.69) is 63.3 Å². The van der Waals surface area contributed by atoms with E-state index in [9.17, 15) is 0 Å².